The van der Waals surface area contributed by atoms with Gasteiger partial charge in [-0.25, -0.2) is 0 Å². The maximum absolute atomic E-state index is 12.4. The fourth-order valence-electron chi connectivity index (χ4n) is 2.30. The van der Waals surface area contributed by atoms with Crippen molar-refractivity contribution < 1.29 is 9.72 Å². The summed E-state index contributed by atoms with van der Waals surface area (Å²) in [6, 6.07) is 10.1. The van der Waals surface area contributed by atoms with Gasteiger partial charge in [-0.2, -0.15) is 9.67 Å². The molecular weight excluding hydrogens is 354 g/mol. The molecule has 0 aliphatic rings. The van der Waals surface area contributed by atoms with Gasteiger partial charge in [0.05, 0.1) is 9.80 Å². The van der Waals surface area contributed by atoms with Crippen molar-refractivity contribution in [1.29, 1.82) is 0 Å². The molecule has 0 spiro atoms. The Morgan fingerprint density at radius 2 is 2.15 bits per heavy atom. The lowest BCUT2D eigenvalue weighted by Crippen LogP contribution is -2.21. The largest absolute Gasteiger partial charge is 0.350 e. The highest BCUT2D eigenvalue weighted by Crippen LogP contribution is 2.24. The zero-order valence-electron chi connectivity index (χ0n) is 14.2. The lowest BCUT2D eigenvalue weighted by Gasteiger charge is -2.08. The minimum absolute atomic E-state index is 0.0169. The molecule has 1 aromatic carbocycles. The molecule has 0 fully saturated rings. The van der Waals surface area contributed by atoms with Gasteiger partial charge in [0, 0.05) is 24.6 Å². The summed E-state index contributed by atoms with van der Waals surface area (Å²) in [5, 5.41) is 20.2. The number of nitrogens with one attached hydrogen (secondary N) is 1. The molecule has 0 aliphatic carbocycles. The van der Waals surface area contributed by atoms with Crippen LogP contribution in [0.15, 0.2) is 41.8 Å². The highest BCUT2D eigenvalue weighted by molar-refractivity contribution is 7.13. The highest BCUT2D eigenvalue weighted by atomic mass is 32.1. The zero-order valence-corrected chi connectivity index (χ0v) is 15.1. The lowest BCUT2D eigenvalue weighted by atomic mass is 10.2. The van der Waals surface area contributed by atoms with Gasteiger partial charge in [0.2, 0.25) is 5.95 Å². The summed E-state index contributed by atoms with van der Waals surface area (Å²) in [5.41, 5.74) is 0.728. The molecule has 0 amide bonds. The number of hydrogen-bond donors (Lipinski definition) is 1. The Balaban J connectivity index is 1.87. The van der Waals surface area contributed by atoms with Crippen molar-refractivity contribution in [2.45, 2.75) is 20.4 Å². The number of carbonyl (C=O) groups is 1. The topological polar surface area (TPSA) is 103 Å². The third-order valence-corrected chi connectivity index (χ3v) is 4.49. The van der Waals surface area contributed by atoms with Crippen LogP contribution in [-0.4, -0.2) is 25.6 Å². The Morgan fingerprint density at radius 3 is 2.81 bits per heavy atom. The van der Waals surface area contributed by atoms with E-state index in [0.717, 1.165) is 4.88 Å². The molecule has 3 rings (SSSR count). The SMILES string of the molecule is CC(C)C(=O)n1nc(-c2cccs2)nc1NCc1cccc([N+](=O)[O-])c1. The molecule has 134 valence electrons. The van der Waals surface area contributed by atoms with Crippen LogP contribution in [0.5, 0.6) is 0 Å². The van der Waals surface area contributed by atoms with Gasteiger partial charge < -0.3 is 5.32 Å². The predicted molar refractivity (Wildman–Crippen MR) is 99.2 cm³/mol. The van der Waals surface area contributed by atoms with Gasteiger partial charge in [-0.3, -0.25) is 14.9 Å². The van der Waals surface area contributed by atoms with Crippen LogP contribution in [0.4, 0.5) is 11.6 Å². The minimum Gasteiger partial charge on any atom is -0.350 e. The molecule has 0 unspecified atom stereocenters. The number of non-ortho nitro benzene ring substituents is 1. The summed E-state index contributed by atoms with van der Waals surface area (Å²) in [6.45, 7) is 3.87. The number of thiophene rings is 1. The molecule has 3 aromatic rings. The number of nitrogens with zero attached hydrogens (tertiary/aromatic N) is 4. The van der Waals surface area contributed by atoms with Crippen LogP contribution in [0, 0.1) is 16.0 Å². The number of hydrogen-bond acceptors (Lipinski definition) is 7. The molecule has 0 saturated heterocycles. The Hall–Kier alpha value is -3.07. The molecule has 0 atom stereocenters. The highest BCUT2D eigenvalue weighted by Gasteiger charge is 2.20. The Bertz CT molecular complexity index is 934. The van der Waals surface area contributed by atoms with Crippen molar-refractivity contribution in [1.82, 2.24) is 14.8 Å². The molecule has 8 nitrogen and oxygen atoms in total. The van der Waals surface area contributed by atoms with Gasteiger partial charge >= 0.3 is 0 Å². The van der Waals surface area contributed by atoms with Gasteiger partial charge in [-0.05, 0) is 17.0 Å². The first-order chi connectivity index (χ1) is 12.5. The van der Waals surface area contributed by atoms with Crippen LogP contribution in [0.1, 0.15) is 24.2 Å². The Labute approximate surface area is 153 Å². The maximum atomic E-state index is 12.4. The fraction of sp³-hybridized carbons (Fsp3) is 0.235. The molecule has 0 bridgehead atoms. The van der Waals surface area contributed by atoms with Gasteiger partial charge in [0.25, 0.3) is 11.6 Å². The smallest absolute Gasteiger partial charge is 0.269 e. The molecule has 0 saturated carbocycles. The van der Waals surface area contributed by atoms with Crippen LogP contribution >= 0.6 is 11.3 Å². The summed E-state index contributed by atoms with van der Waals surface area (Å²) in [4.78, 5) is 28.2. The third kappa shape index (κ3) is 3.77. The first kappa shape index (κ1) is 17.7. The van der Waals surface area contributed by atoms with Gasteiger partial charge in [-0.15, -0.1) is 16.4 Å². The van der Waals surface area contributed by atoms with E-state index in [4.69, 9.17) is 0 Å². The quantitative estimate of drug-likeness (QED) is 0.522. The number of carbonyl (C=O) groups excluding carboxylic acids is 1. The fourth-order valence-corrected chi connectivity index (χ4v) is 2.95. The van der Waals surface area contributed by atoms with Crippen molar-refractivity contribution in [3.63, 3.8) is 0 Å². The van der Waals surface area contributed by atoms with Crippen molar-refractivity contribution in [2.75, 3.05) is 5.32 Å². The summed E-state index contributed by atoms with van der Waals surface area (Å²) < 4.78 is 1.26. The first-order valence-corrected chi connectivity index (χ1v) is 8.86. The van der Waals surface area contributed by atoms with Crippen molar-refractivity contribution in [3.05, 3.63) is 57.5 Å². The van der Waals surface area contributed by atoms with E-state index in [-0.39, 0.29) is 24.1 Å². The van der Waals surface area contributed by atoms with Gasteiger partial charge in [-0.1, -0.05) is 32.0 Å². The molecule has 1 N–H and O–H groups in total. The minimum atomic E-state index is -0.441. The number of rotatable bonds is 6. The molecule has 0 radical (unpaired) electrons. The number of anilines is 1. The number of nitro benzene ring substituents is 1. The summed E-state index contributed by atoms with van der Waals surface area (Å²) in [7, 11) is 0. The first-order valence-electron chi connectivity index (χ1n) is 7.98. The van der Waals surface area contributed by atoms with E-state index in [1.54, 1.807) is 26.0 Å². The normalized spacial score (nSPS) is 10.9. The van der Waals surface area contributed by atoms with E-state index < -0.39 is 4.92 Å². The Kier molecular flexibility index (Phi) is 5.08. The van der Waals surface area contributed by atoms with Crippen LogP contribution in [0.3, 0.4) is 0 Å². The molecule has 26 heavy (non-hydrogen) atoms. The molecule has 2 aromatic heterocycles. The standard InChI is InChI=1S/C17H17N5O3S/c1-11(2)16(23)21-17(19-15(20-21)14-7-4-8-26-14)18-10-12-5-3-6-13(9-12)22(24)25/h3-9,11H,10H2,1-2H3,(H,18,19,20). The van der Waals surface area contributed by atoms with Crippen LogP contribution in [-0.2, 0) is 6.54 Å². The molecular formula is C17H17N5O3S. The molecule has 0 aliphatic heterocycles. The second kappa shape index (κ2) is 7.44. The van der Waals surface area contributed by atoms with Crippen LogP contribution in [0.2, 0.25) is 0 Å². The van der Waals surface area contributed by atoms with E-state index in [1.807, 2.05) is 17.5 Å². The second-order valence-electron chi connectivity index (χ2n) is 5.92. The van der Waals surface area contributed by atoms with Crippen LogP contribution in [0.25, 0.3) is 10.7 Å². The van der Waals surface area contributed by atoms with Crippen LogP contribution < -0.4 is 5.32 Å². The van der Waals surface area contributed by atoms with E-state index in [1.165, 1.54) is 28.2 Å². The third-order valence-electron chi connectivity index (χ3n) is 3.62. The number of nitro groups is 1. The summed E-state index contributed by atoms with van der Waals surface area (Å²) in [5.74, 6) is 0.363. The summed E-state index contributed by atoms with van der Waals surface area (Å²) in [6.07, 6.45) is 0. The van der Waals surface area contributed by atoms with E-state index >= 15 is 0 Å². The number of benzene rings is 1. The van der Waals surface area contributed by atoms with E-state index in [9.17, 15) is 14.9 Å². The average molecular weight is 371 g/mol. The number of aromatic nitrogens is 3. The maximum Gasteiger partial charge on any atom is 0.269 e. The van der Waals surface area contributed by atoms with E-state index in [2.05, 4.69) is 15.4 Å². The predicted octanol–water partition coefficient (Wildman–Crippen LogP) is 3.82. The molecule has 2 heterocycles. The van der Waals surface area contributed by atoms with Gasteiger partial charge in [0.1, 0.15) is 0 Å². The zero-order chi connectivity index (χ0) is 18.7. The lowest BCUT2D eigenvalue weighted by molar-refractivity contribution is -0.384. The van der Waals surface area contributed by atoms with Crippen molar-refractivity contribution >= 4 is 28.9 Å². The second-order valence-corrected chi connectivity index (χ2v) is 6.87. The Morgan fingerprint density at radius 1 is 1.35 bits per heavy atom. The van der Waals surface area contributed by atoms with Gasteiger partial charge in [0.15, 0.2) is 5.82 Å². The monoisotopic (exact) mass is 371 g/mol. The van der Waals surface area contributed by atoms with Crippen molar-refractivity contribution in [3.8, 4) is 10.7 Å². The summed E-state index contributed by atoms with van der Waals surface area (Å²) >= 11 is 1.49. The molecule has 9 heteroatoms. The van der Waals surface area contributed by atoms with E-state index in [0.29, 0.717) is 17.3 Å². The van der Waals surface area contributed by atoms with Crippen molar-refractivity contribution in [2.24, 2.45) is 5.92 Å². The average Bonchev–Trinajstić information content (AvgIpc) is 3.29.